The van der Waals surface area contributed by atoms with E-state index >= 15 is 0 Å². The lowest BCUT2D eigenvalue weighted by Gasteiger charge is -2.24. The molecule has 0 fully saturated rings. The molecule has 80 heavy (non-hydrogen) atoms. The van der Waals surface area contributed by atoms with Crippen LogP contribution in [0.4, 0.5) is 0 Å². The van der Waals surface area contributed by atoms with E-state index in [4.69, 9.17) is 19.9 Å². The Morgan fingerprint density at radius 1 is 0.425 bits per heavy atom. The summed E-state index contributed by atoms with van der Waals surface area (Å²) in [7, 11) is 0. The van der Waals surface area contributed by atoms with Crippen molar-refractivity contribution in [2.45, 2.75) is 106 Å². The summed E-state index contributed by atoms with van der Waals surface area (Å²) in [6, 6.07) is 59.3. The zero-order chi connectivity index (χ0) is 56.2. The minimum Gasteiger partial charge on any atom is -0.307 e. The molecule has 0 saturated carbocycles. The maximum Gasteiger partial charge on any atom is 0.164 e. The fourth-order valence-electron chi connectivity index (χ4n) is 11.3. The smallest absolute Gasteiger partial charge is 0.164 e. The zero-order valence-electron chi connectivity index (χ0n) is 48.7. The summed E-state index contributed by atoms with van der Waals surface area (Å²) in [6.07, 6.45) is 6.35. The molecule has 398 valence electrons. The lowest BCUT2D eigenvalue weighted by molar-refractivity contribution is 0.508. The van der Waals surface area contributed by atoms with E-state index in [0.717, 1.165) is 88.9 Å². The number of benzene rings is 7. The maximum atomic E-state index is 5.48. The molecule has 12 aromatic rings. The third-order valence-corrected chi connectivity index (χ3v) is 16.3. The second-order valence-corrected chi connectivity index (χ2v) is 25.8. The van der Waals surface area contributed by atoms with Crippen LogP contribution in [0.15, 0.2) is 182 Å². The van der Waals surface area contributed by atoms with Gasteiger partial charge < -0.3 is 13.7 Å². The molecule has 5 aromatic heterocycles. The van der Waals surface area contributed by atoms with Crippen molar-refractivity contribution in [3.63, 3.8) is 0 Å². The minimum absolute atomic E-state index is 0.0923. The van der Waals surface area contributed by atoms with Gasteiger partial charge in [0.2, 0.25) is 0 Å². The number of allylic oxidation sites excluding steroid dienone is 1. The van der Waals surface area contributed by atoms with E-state index < -0.39 is 0 Å². The first-order valence-corrected chi connectivity index (χ1v) is 28.1. The van der Waals surface area contributed by atoms with Crippen LogP contribution in [-0.2, 0) is 16.2 Å². The van der Waals surface area contributed by atoms with Crippen LogP contribution in [0.2, 0.25) is 0 Å². The molecule has 7 heteroatoms. The number of nitrogens with zero attached hydrogens (tertiary/aromatic N) is 7. The highest BCUT2D eigenvalue weighted by Gasteiger charge is 2.30. The minimum atomic E-state index is -0.110. The van der Waals surface area contributed by atoms with Gasteiger partial charge in [-0.25, -0.2) is 15.0 Å². The second-order valence-electron chi connectivity index (χ2n) is 25.8. The molecular formula is C73H71N7. The molecule has 0 aliphatic carbocycles. The van der Waals surface area contributed by atoms with Gasteiger partial charge in [-0.05, 0) is 118 Å². The Bertz CT molecular complexity index is 4270. The first-order chi connectivity index (χ1) is 38.1. The Kier molecular flexibility index (Phi) is 12.4. The highest BCUT2D eigenvalue weighted by atomic mass is 15.1. The van der Waals surface area contributed by atoms with Crippen molar-refractivity contribution in [2.24, 2.45) is 5.41 Å². The lowest BCUT2D eigenvalue weighted by atomic mass is 9.84. The molecule has 0 amide bonds. The quantitative estimate of drug-likeness (QED) is 0.152. The predicted octanol–water partition coefficient (Wildman–Crippen LogP) is 19.4. The van der Waals surface area contributed by atoms with E-state index in [0.29, 0.717) is 17.5 Å². The topological polar surface area (TPSA) is 66.3 Å². The summed E-state index contributed by atoms with van der Waals surface area (Å²) in [5.74, 6) is 1.74. The molecule has 0 aliphatic rings. The molecule has 5 heterocycles. The fraction of sp³-hybridized carbons (Fsp3) is 0.233. The summed E-state index contributed by atoms with van der Waals surface area (Å²) in [5.41, 5.74) is 18.5. The van der Waals surface area contributed by atoms with Crippen LogP contribution >= 0.6 is 0 Å². The van der Waals surface area contributed by atoms with Crippen LogP contribution < -0.4 is 0 Å². The Morgan fingerprint density at radius 2 is 0.863 bits per heavy atom. The van der Waals surface area contributed by atoms with E-state index in [1.54, 1.807) is 0 Å². The molecule has 0 N–H and O–H groups in total. The second kappa shape index (κ2) is 19.0. The molecule has 0 radical (unpaired) electrons. The Hall–Kier alpha value is -8.68. The standard InChI is InChI=1S/C73H71N7/c1-15-57-53(39-45(2)70(3,4)5)54-42-49(71(6,7)8)32-35-59(54)78(57)63-40-48(69-76-67(46-25-18-16-19-26-46)75-68(77-69)47-27-20-17-21-28-47)41-64(66(63)80-58-30-23-22-29-52(58)65-62(80)31-24-38-74-65)79-60-36-33-50(72(9,10)11)43-55(60)56-44-51(73(12,13)14)34-37-61(56)79/h15-44H,1H2,2-14H3/b45-39+. The van der Waals surface area contributed by atoms with Gasteiger partial charge in [0.05, 0.1) is 55.9 Å². The van der Waals surface area contributed by atoms with Crippen molar-refractivity contribution in [3.8, 4) is 51.2 Å². The molecule has 0 aliphatic heterocycles. The average molecular weight is 1050 g/mol. The van der Waals surface area contributed by atoms with Crippen LogP contribution in [0.3, 0.4) is 0 Å². The highest BCUT2D eigenvalue weighted by Crippen LogP contribution is 2.47. The normalized spacial score (nSPS) is 12.9. The lowest BCUT2D eigenvalue weighted by Crippen LogP contribution is -2.12. The molecule has 0 atom stereocenters. The number of hydrogen-bond acceptors (Lipinski definition) is 4. The van der Waals surface area contributed by atoms with Crippen LogP contribution in [0, 0.1) is 5.41 Å². The SMILES string of the molecule is C=Cc1c(/C=C(\C)C(C)(C)C)c2cc(C(C)(C)C)ccc2n1-c1cc(-c2nc(-c3ccccc3)nc(-c3ccccc3)n2)cc(-n2c3ccc(C(C)(C)C)cc3c3cc(C(C)(C)C)ccc32)c1-n1c2ccccc2c2ncccc21. The molecule has 12 rings (SSSR count). The van der Waals surface area contributed by atoms with E-state index in [-0.39, 0.29) is 21.7 Å². The van der Waals surface area contributed by atoms with Gasteiger partial charge in [0.25, 0.3) is 0 Å². The van der Waals surface area contributed by atoms with E-state index in [1.165, 1.54) is 33.0 Å². The van der Waals surface area contributed by atoms with Crippen molar-refractivity contribution in [2.75, 3.05) is 0 Å². The van der Waals surface area contributed by atoms with Gasteiger partial charge in [-0.15, -0.1) is 0 Å². The van der Waals surface area contributed by atoms with Crippen LogP contribution in [0.1, 0.15) is 118 Å². The number of para-hydroxylation sites is 1. The van der Waals surface area contributed by atoms with Gasteiger partial charge in [0, 0.05) is 50.0 Å². The molecule has 7 aromatic carbocycles. The van der Waals surface area contributed by atoms with E-state index in [2.05, 4.69) is 250 Å². The Labute approximate surface area is 471 Å². The van der Waals surface area contributed by atoms with Gasteiger partial charge in [0.15, 0.2) is 17.5 Å². The third kappa shape index (κ3) is 8.93. The van der Waals surface area contributed by atoms with Crippen molar-refractivity contribution >= 4 is 66.8 Å². The van der Waals surface area contributed by atoms with E-state index in [9.17, 15) is 0 Å². The Balaban J connectivity index is 1.35. The van der Waals surface area contributed by atoms with Crippen molar-refractivity contribution in [3.05, 3.63) is 210 Å². The van der Waals surface area contributed by atoms with Crippen LogP contribution in [-0.4, -0.2) is 33.6 Å². The van der Waals surface area contributed by atoms with Crippen LogP contribution in [0.25, 0.3) is 118 Å². The van der Waals surface area contributed by atoms with Gasteiger partial charge in [-0.1, -0.05) is 198 Å². The molecule has 0 bridgehead atoms. The summed E-state index contributed by atoms with van der Waals surface area (Å²) in [4.78, 5) is 21.3. The highest BCUT2D eigenvalue weighted by molar-refractivity contribution is 6.12. The first kappa shape index (κ1) is 52.0. The van der Waals surface area contributed by atoms with Gasteiger partial charge in [-0.2, -0.15) is 0 Å². The molecule has 7 nitrogen and oxygen atoms in total. The average Bonchev–Trinajstić information content (AvgIpc) is 4.11. The number of fused-ring (bicyclic) bond motifs is 7. The van der Waals surface area contributed by atoms with Crippen LogP contribution in [0.5, 0.6) is 0 Å². The number of rotatable bonds is 8. The number of aromatic nitrogens is 7. The van der Waals surface area contributed by atoms with Crippen molar-refractivity contribution in [1.29, 1.82) is 0 Å². The van der Waals surface area contributed by atoms with Gasteiger partial charge in [0.1, 0.15) is 0 Å². The maximum absolute atomic E-state index is 5.48. The zero-order valence-corrected chi connectivity index (χ0v) is 48.7. The third-order valence-electron chi connectivity index (χ3n) is 16.3. The summed E-state index contributed by atoms with van der Waals surface area (Å²) in [5, 5.41) is 4.60. The monoisotopic (exact) mass is 1050 g/mol. The number of pyridine rings is 1. The van der Waals surface area contributed by atoms with E-state index in [1.807, 2.05) is 42.6 Å². The first-order valence-electron chi connectivity index (χ1n) is 28.1. The molecule has 0 unspecified atom stereocenters. The largest absolute Gasteiger partial charge is 0.307 e. The summed E-state index contributed by atoms with van der Waals surface area (Å²) >= 11 is 0. The molecular weight excluding hydrogens is 975 g/mol. The van der Waals surface area contributed by atoms with Crippen molar-refractivity contribution < 1.29 is 0 Å². The van der Waals surface area contributed by atoms with Gasteiger partial charge in [-0.3, -0.25) is 4.98 Å². The Morgan fingerprint density at radius 3 is 1.36 bits per heavy atom. The predicted molar refractivity (Wildman–Crippen MR) is 339 cm³/mol. The fourth-order valence-corrected chi connectivity index (χ4v) is 11.3. The van der Waals surface area contributed by atoms with Crippen molar-refractivity contribution in [1.82, 2.24) is 33.6 Å². The molecule has 0 spiro atoms. The molecule has 0 saturated heterocycles. The summed E-state index contributed by atoms with van der Waals surface area (Å²) < 4.78 is 7.41. The van der Waals surface area contributed by atoms with Gasteiger partial charge >= 0.3 is 0 Å². The number of hydrogen-bond donors (Lipinski definition) is 0. The summed E-state index contributed by atoms with van der Waals surface area (Å²) in [6.45, 7) is 34.5.